The maximum atomic E-state index is 15.3. The van der Waals surface area contributed by atoms with E-state index >= 15 is 8.78 Å². The second-order valence-electron chi connectivity index (χ2n) is 8.10. The van der Waals surface area contributed by atoms with Crippen molar-refractivity contribution >= 4 is 22.3 Å². The van der Waals surface area contributed by atoms with Gasteiger partial charge in [-0.25, -0.2) is 4.39 Å². The summed E-state index contributed by atoms with van der Waals surface area (Å²) in [4.78, 5) is 0. The fourth-order valence-electron chi connectivity index (χ4n) is 3.86. The van der Waals surface area contributed by atoms with Gasteiger partial charge in [-0.05, 0) is 37.1 Å². The molecule has 0 aliphatic heterocycles. The van der Waals surface area contributed by atoms with Crippen LogP contribution in [0.5, 0.6) is 0 Å². The van der Waals surface area contributed by atoms with E-state index in [1.165, 1.54) is 23.0 Å². The molecule has 11 heteroatoms. The molecular formula is C24H25F4N7. The van der Waals surface area contributed by atoms with Gasteiger partial charge in [0.05, 0.1) is 24.0 Å². The molecule has 0 radical (unpaired) electrons. The molecule has 35 heavy (non-hydrogen) atoms. The Morgan fingerprint density at radius 2 is 1.89 bits per heavy atom. The van der Waals surface area contributed by atoms with Crippen molar-refractivity contribution in [2.24, 2.45) is 18.7 Å². The Labute approximate surface area is 198 Å². The second kappa shape index (κ2) is 9.69. The summed E-state index contributed by atoms with van der Waals surface area (Å²) in [6.45, 7) is 5.74. The van der Waals surface area contributed by atoms with Gasteiger partial charge < -0.3 is 5.73 Å². The summed E-state index contributed by atoms with van der Waals surface area (Å²) in [6.07, 6.45) is 5.71. The molecule has 7 nitrogen and oxygen atoms in total. The quantitative estimate of drug-likeness (QED) is 0.288. The lowest BCUT2D eigenvalue weighted by molar-refractivity contribution is 0.0655. The molecule has 1 unspecified atom stereocenters. The monoisotopic (exact) mass is 487 g/mol. The lowest BCUT2D eigenvalue weighted by Crippen LogP contribution is -2.40. The van der Waals surface area contributed by atoms with E-state index in [9.17, 15) is 8.78 Å². The van der Waals surface area contributed by atoms with Crippen molar-refractivity contribution < 1.29 is 17.6 Å². The standard InChI is InChI=1S/C23H22F3N7.CH3F/c1-12-4-5-15(16(8-12)13(2)27)19-6-7-21(28)33(31-19)22(29)23(25,26)17-9-14-11-32(3)30-20(14)10-18(17)24;1-2/h4-7,9-11,16,28-29H,2,8,27H2,1,3H3;1H3. The number of nitrogens with one attached hydrogen (secondary N) is 2. The Balaban J connectivity index is 0.00000167. The van der Waals surface area contributed by atoms with Crippen LogP contribution in [0.3, 0.4) is 0 Å². The van der Waals surface area contributed by atoms with Crippen LogP contribution in [0.2, 0.25) is 0 Å². The SMILES string of the molecule is C=C(N)C1CC(C)=CC=C1c1ccc(=N)n(C(=N)C(F)(F)c2cc3cn(C)nc3cc2F)n1.CF. The van der Waals surface area contributed by atoms with E-state index in [2.05, 4.69) is 16.8 Å². The molecule has 1 aliphatic rings. The highest BCUT2D eigenvalue weighted by Crippen LogP contribution is 2.36. The van der Waals surface area contributed by atoms with Gasteiger partial charge in [0.15, 0.2) is 5.84 Å². The lowest BCUT2D eigenvalue weighted by Gasteiger charge is -2.25. The average molecular weight is 488 g/mol. The second-order valence-corrected chi connectivity index (χ2v) is 8.10. The Kier molecular flexibility index (Phi) is 7.09. The number of alkyl halides is 3. The summed E-state index contributed by atoms with van der Waals surface area (Å²) in [6, 6.07) is 4.63. The van der Waals surface area contributed by atoms with E-state index in [0.29, 0.717) is 34.9 Å². The van der Waals surface area contributed by atoms with Crippen LogP contribution in [0, 0.1) is 22.6 Å². The van der Waals surface area contributed by atoms with Crippen LogP contribution in [0.1, 0.15) is 24.6 Å². The highest BCUT2D eigenvalue weighted by Gasteiger charge is 2.42. The zero-order chi connectivity index (χ0) is 26.1. The normalized spacial score (nSPS) is 15.7. The summed E-state index contributed by atoms with van der Waals surface area (Å²) in [5.41, 5.74) is 7.11. The maximum Gasteiger partial charge on any atom is 0.334 e. The summed E-state index contributed by atoms with van der Waals surface area (Å²) in [7, 11) is 2.09. The van der Waals surface area contributed by atoms with Gasteiger partial charge in [-0.15, -0.1) is 0 Å². The van der Waals surface area contributed by atoms with E-state index < -0.39 is 28.6 Å². The number of nitrogens with two attached hydrogens (primary N) is 1. The Hall–Kier alpha value is -4.02. The number of aromatic nitrogens is 4. The first kappa shape index (κ1) is 25.6. The molecular weight excluding hydrogens is 462 g/mol. The number of allylic oxidation sites excluding steroid dienone is 4. The van der Waals surface area contributed by atoms with E-state index in [0.717, 1.165) is 17.7 Å². The molecule has 1 aromatic carbocycles. The lowest BCUT2D eigenvalue weighted by atomic mass is 9.84. The van der Waals surface area contributed by atoms with Crippen LogP contribution in [-0.2, 0) is 13.0 Å². The van der Waals surface area contributed by atoms with Crippen LogP contribution in [-0.4, -0.2) is 32.6 Å². The number of aryl methyl sites for hydroxylation is 1. The van der Waals surface area contributed by atoms with Gasteiger partial charge in [0.25, 0.3) is 0 Å². The van der Waals surface area contributed by atoms with Gasteiger partial charge in [0, 0.05) is 36.3 Å². The molecule has 0 saturated carbocycles. The molecule has 184 valence electrons. The summed E-state index contributed by atoms with van der Waals surface area (Å²) in [5, 5.41) is 24.7. The van der Waals surface area contributed by atoms with Gasteiger partial charge in [-0.2, -0.15) is 23.7 Å². The van der Waals surface area contributed by atoms with Gasteiger partial charge in [-0.1, -0.05) is 24.3 Å². The van der Waals surface area contributed by atoms with Crippen LogP contribution >= 0.6 is 0 Å². The molecule has 3 aromatic rings. The predicted octanol–water partition coefficient (Wildman–Crippen LogP) is 4.41. The number of hydrogen-bond donors (Lipinski definition) is 3. The Morgan fingerprint density at radius 3 is 2.54 bits per heavy atom. The van der Waals surface area contributed by atoms with Crippen LogP contribution in [0.15, 0.2) is 60.5 Å². The summed E-state index contributed by atoms with van der Waals surface area (Å²) >= 11 is 0. The Bertz CT molecular complexity index is 1430. The largest absolute Gasteiger partial charge is 0.402 e. The van der Waals surface area contributed by atoms with Crippen LogP contribution < -0.4 is 11.2 Å². The van der Waals surface area contributed by atoms with Gasteiger partial charge in [0.1, 0.15) is 11.3 Å². The molecule has 4 rings (SSSR count). The van der Waals surface area contributed by atoms with E-state index in [4.69, 9.17) is 16.6 Å². The molecule has 0 amide bonds. The molecule has 0 bridgehead atoms. The third kappa shape index (κ3) is 4.79. The topological polar surface area (TPSA) is 109 Å². The Morgan fingerprint density at radius 1 is 1.20 bits per heavy atom. The number of hydrogen-bond acceptors (Lipinski definition) is 5. The maximum absolute atomic E-state index is 15.3. The third-order valence-electron chi connectivity index (χ3n) is 5.58. The zero-order valence-electron chi connectivity index (χ0n) is 19.4. The summed E-state index contributed by atoms with van der Waals surface area (Å²) in [5.74, 6) is -6.89. The number of rotatable bonds is 4. The molecule has 4 N–H and O–H groups in total. The van der Waals surface area contributed by atoms with Gasteiger partial charge >= 0.3 is 5.92 Å². The molecule has 0 saturated heterocycles. The molecule has 2 heterocycles. The van der Waals surface area contributed by atoms with Gasteiger partial charge in [-0.3, -0.25) is 19.9 Å². The molecule has 0 fully saturated rings. The smallest absolute Gasteiger partial charge is 0.334 e. The summed E-state index contributed by atoms with van der Waals surface area (Å²) < 4.78 is 56.7. The number of fused-ring (bicyclic) bond motifs is 1. The first-order chi connectivity index (χ1) is 16.5. The number of benzene rings is 1. The minimum Gasteiger partial charge on any atom is -0.402 e. The van der Waals surface area contributed by atoms with E-state index in [1.807, 2.05) is 13.0 Å². The average Bonchev–Trinajstić information content (AvgIpc) is 3.18. The van der Waals surface area contributed by atoms with E-state index in [-0.39, 0.29) is 17.1 Å². The van der Waals surface area contributed by atoms with E-state index in [1.54, 1.807) is 13.1 Å². The van der Waals surface area contributed by atoms with Crippen molar-refractivity contribution in [3.63, 3.8) is 0 Å². The van der Waals surface area contributed by atoms with Crippen molar-refractivity contribution in [3.05, 3.63) is 83.0 Å². The van der Waals surface area contributed by atoms with Crippen LogP contribution in [0.25, 0.3) is 16.5 Å². The van der Waals surface area contributed by atoms with Crippen molar-refractivity contribution in [2.45, 2.75) is 19.3 Å². The highest BCUT2D eigenvalue weighted by molar-refractivity contribution is 5.90. The third-order valence-corrected chi connectivity index (χ3v) is 5.58. The first-order valence-corrected chi connectivity index (χ1v) is 10.4. The van der Waals surface area contributed by atoms with Crippen molar-refractivity contribution in [1.82, 2.24) is 19.6 Å². The fraction of sp³-hybridized carbons (Fsp3) is 0.250. The molecule has 2 aromatic heterocycles. The molecule has 0 spiro atoms. The first-order valence-electron chi connectivity index (χ1n) is 10.4. The van der Waals surface area contributed by atoms with Crippen molar-refractivity contribution in [3.8, 4) is 0 Å². The minimum atomic E-state index is -4.06. The highest BCUT2D eigenvalue weighted by atomic mass is 19.3. The fourth-order valence-corrected chi connectivity index (χ4v) is 3.86. The van der Waals surface area contributed by atoms with Crippen LogP contribution in [0.4, 0.5) is 17.6 Å². The van der Waals surface area contributed by atoms with Crippen molar-refractivity contribution in [2.75, 3.05) is 7.18 Å². The zero-order valence-corrected chi connectivity index (χ0v) is 19.4. The predicted molar refractivity (Wildman–Crippen MR) is 126 cm³/mol. The van der Waals surface area contributed by atoms with Gasteiger partial charge in [0.2, 0.25) is 0 Å². The molecule has 1 atom stereocenters. The minimum absolute atomic E-state index is 0.218. The molecule has 1 aliphatic carbocycles. The number of halogens is 4. The number of nitrogens with zero attached hydrogens (tertiary/aromatic N) is 4. The van der Waals surface area contributed by atoms with Crippen molar-refractivity contribution in [1.29, 1.82) is 10.8 Å².